The predicted molar refractivity (Wildman–Crippen MR) is 134 cm³/mol. The fourth-order valence-electron chi connectivity index (χ4n) is 3.99. The minimum absolute atomic E-state index is 0.0418. The van der Waals surface area contributed by atoms with E-state index in [1.165, 1.54) is 14.2 Å². The van der Waals surface area contributed by atoms with E-state index in [0.29, 0.717) is 16.8 Å². The average molecular weight is 510 g/mol. The Kier molecular flexibility index (Phi) is 7.82. The van der Waals surface area contributed by atoms with Crippen LogP contribution in [0.5, 0.6) is 0 Å². The first-order valence-electron chi connectivity index (χ1n) is 11.2. The molecule has 1 unspecified atom stereocenters. The van der Waals surface area contributed by atoms with Crippen molar-refractivity contribution in [3.05, 3.63) is 76.7 Å². The zero-order chi connectivity index (χ0) is 25.7. The molecule has 9 nitrogen and oxygen atoms in total. The lowest BCUT2D eigenvalue weighted by Gasteiger charge is -2.14. The lowest BCUT2D eigenvalue weighted by Crippen LogP contribution is -2.37. The van der Waals surface area contributed by atoms with Crippen LogP contribution in [0.25, 0.3) is 33.4 Å². The van der Waals surface area contributed by atoms with Gasteiger partial charge in [-0.25, -0.2) is 4.09 Å². The molecule has 0 saturated carbocycles. The highest BCUT2D eigenvalue weighted by Gasteiger charge is 2.24. The largest absolute Gasteiger partial charge is 0.469 e. The van der Waals surface area contributed by atoms with E-state index in [9.17, 15) is 14.4 Å². The zero-order valence-electron chi connectivity index (χ0n) is 19.7. The maximum Gasteiger partial charge on any atom is 0.322 e. The van der Waals surface area contributed by atoms with Crippen LogP contribution in [-0.2, 0) is 25.6 Å². The van der Waals surface area contributed by atoms with Crippen molar-refractivity contribution in [1.29, 1.82) is 0 Å². The topological polar surface area (TPSA) is 113 Å². The van der Waals surface area contributed by atoms with E-state index in [1.54, 1.807) is 12.1 Å². The highest BCUT2D eigenvalue weighted by atomic mass is 35.5. The number of hydrogen-bond acceptors (Lipinski definition) is 8. The first kappa shape index (κ1) is 25.2. The van der Waals surface area contributed by atoms with Crippen LogP contribution in [0, 0.1) is 0 Å². The molecule has 0 fully saturated rings. The number of fused-ring (bicyclic) bond motifs is 1. The van der Waals surface area contributed by atoms with Crippen LogP contribution in [0.1, 0.15) is 18.5 Å². The molecule has 1 N–H and O–H groups in total. The number of carbonyl (C=O) groups is 2. The molecular formula is C26H24ClN3O6. The van der Waals surface area contributed by atoms with Crippen molar-refractivity contribution in [2.75, 3.05) is 14.2 Å². The summed E-state index contributed by atoms with van der Waals surface area (Å²) in [6.07, 6.45) is 0.226. The number of rotatable bonds is 9. The third-order valence-corrected chi connectivity index (χ3v) is 6.11. The van der Waals surface area contributed by atoms with Gasteiger partial charge in [0, 0.05) is 41.8 Å². The van der Waals surface area contributed by atoms with Crippen molar-refractivity contribution in [3.8, 4) is 22.5 Å². The van der Waals surface area contributed by atoms with E-state index in [1.807, 2.05) is 48.5 Å². The monoisotopic (exact) mass is 509 g/mol. The third kappa shape index (κ3) is 5.17. The van der Waals surface area contributed by atoms with Gasteiger partial charge in [0.05, 0.1) is 31.0 Å². The number of carbonyl (C=O) groups excluding carboxylic acids is 2. The molecule has 4 rings (SSSR count). The molecular weight excluding hydrogens is 486 g/mol. The van der Waals surface area contributed by atoms with Crippen molar-refractivity contribution in [2.45, 2.75) is 25.4 Å². The summed E-state index contributed by atoms with van der Waals surface area (Å²) < 4.78 is 16.1. The second kappa shape index (κ2) is 11.2. The number of methoxy groups -OCH3 is 2. The molecule has 0 spiro atoms. The summed E-state index contributed by atoms with van der Waals surface area (Å²) in [5.74, 6) is -0.718. The van der Waals surface area contributed by atoms with Crippen LogP contribution in [0.4, 0.5) is 0 Å². The highest BCUT2D eigenvalue weighted by Crippen LogP contribution is 2.36. The minimum Gasteiger partial charge on any atom is -0.469 e. The van der Waals surface area contributed by atoms with Gasteiger partial charge < -0.3 is 14.0 Å². The molecule has 2 heterocycles. The Balaban J connectivity index is 1.70. The highest BCUT2D eigenvalue weighted by molar-refractivity contribution is 6.20. The Morgan fingerprint density at radius 3 is 2.50 bits per heavy atom. The standard InChI is InChI=1S/C26H24ClN3O6/c1-34-22(31)13-12-19(26(33)35-2)28-15-17-14-21(36-29-17)24-23(16-8-4-3-5-9-16)18-10-6-7-11-20(18)30(27)25(24)32/h3-11,14,19,28H,12-13,15H2,1-2H3. The number of nitrogens with zero attached hydrogens (tertiary/aromatic N) is 2. The molecule has 2 aromatic heterocycles. The number of ether oxygens (including phenoxy) is 2. The summed E-state index contributed by atoms with van der Waals surface area (Å²) in [7, 11) is 2.55. The quantitative estimate of drug-likeness (QED) is 0.338. The van der Waals surface area contributed by atoms with Gasteiger partial charge in [0.15, 0.2) is 5.76 Å². The van der Waals surface area contributed by atoms with Crippen molar-refractivity contribution in [2.24, 2.45) is 0 Å². The number of pyridine rings is 1. The van der Waals surface area contributed by atoms with E-state index in [0.717, 1.165) is 15.0 Å². The number of esters is 2. The van der Waals surface area contributed by atoms with E-state index in [4.69, 9.17) is 21.0 Å². The van der Waals surface area contributed by atoms with Crippen LogP contribution >= 0.6 is 11.8 Å². The summed E-state index contributed by atoms with van der Waals surface area (Å²) in [5.41, 5.74) is 2.33. The Morgan fingerprint density at radius 1 is 1.06 bits per heavy atom. The maximum atomic E-state index is 13.4. The Hall–Kier alpha value is -3.95. The Morgan fingerprint density at radius 2 is 1.78 bits per heavy atom. The van der Waals surface area contributed by atoms with E-state index < -0.39 is 23.5 Å². The van der Waals surface area contributed by atoms with Gasteiger partial charge >= 0.3 is 11.9 Å². The fraction of sp³-hybridized carbons (Fsp3) is 0.231. The van der Waals surface area contributed by atoms with Gasteiger partial charge in [-0.3, -0.25) is 19.7 Å². The van der Waals surface area contributed by atoms with Crippen LogP contribution in [0.2, 0.25) is 0 Å². The van der Waals surface area contributed by atoms with Crippen molar-refractivity contribution in [1.82, 2.24) is 14.6 Å². The Labute approximate surface area is 211 Å². The van der Waals surface area contributed by atoms with Crippen molar-refractivity contribution < 1.29 is 23.6 Å². The third-order valence-electron chi connectivity index (χ3n) is 5.77. The predicted octanol–water partition coefficient (Wildman–Crippen LogP) is 3.91. The van der Waals surface area contributed by atoms with E-state index in [2.05, 4.69) is 15.2 Å². The van der Waals surface area contributed by atoms with Gasteiger partial charge in [-0.15, -0.1) is 0 Å². The number of halogens is 1. The van der Waals surface area contributed by atoms with Crippen LogP contribution in [-0.4, -0.2) is 41.4 Å². The van der Waals surface area contributed by atoms with Gasteiger partial charge in [-0.2, -0.15) is 0 Å². The molecule has 0 aliphatic rings. The molecule has 0 bridgehead atoms. The smallest absolute Gasteiger partial charge is 0.322 e. The minimum atomic E-state index is -0.755. The van der Waals surface area contributed by atoms with Crippen LogP contribution in [0.15, 0.2) is 70.0 Å². The van der Waals surface area contributed by atoms with E-state index in [-0.39, 0.29) is 30.7 Å². The molecule has 0 amide bonds. The first-order valence-corrected chi connectivity index (χ1v) is 11.5. The summed E-state index contributed by atoms with van der Waals surface area (Å²) in [6.45, 7) is 0.133. The molecule has 0 aliphatic carbocycles. The van der Waals surface area contributed by atoms with Gasteiger partial charge in [0.25, 0.3) is 5.56 Å². The molecule has 0 saturated heterocycles. The maximum absolute atomic E-state index is 13.4. The van der Waals surface area contributed by atoms with Gasteiger partial charge in [0.2, 0.25) is 0 Å². The fourth-order valence-corrected chi connectivity index (χ4v) is 4.22. The molecule has 10 heteroatoms. The molecule has 0 aliphatic heterocycles. The van der Waals surface area contributed by atoms with Gasteiger partial charge in [-0.1, -0.05) is 53.7 Å². The molecule has 186 valence electrons. The summed E-state index contributed by atoms with van der Waals surface area (Å²) >= 11 is 6.41. The van der Waals surface area contributed by atoms with E-state index >= 15 is 0 Å². The summed E-state index contributed by atoms with van der Waals surface area (Å²) in [5, 5.41) is 7.87. The van der Waals surface area contributed by atoms with Crippen LogP contribution < -0.4 is 10.9 Å². The number of hydrogen-bond donors (Lipinski definition) is 1. The Bertz CT molecular complexity index is 1450. The number of benzene rings is 2. The number of nitrogens with one attached hydrogen (secondary N) is 1. The second-order valence-electron chi connectivity index (χ2n) is 7.97. The molecule has 4 aromatic rings. The zero-order valence-corrected chi connectivity index (χ0v) is 20.4. The molecule has 1 atom stereocenters. The normalized spacial score (nSPS) is 11.9. The molecule has 2 aromatic carbocycles. The lowest BCUT2D eigenvalue weighted by atomic mass is 9.95. The average Bonchev–Trinajstić information content (AvgIpc) is 3.38. The second-order valence-corrected chi connectivity index (χ2v) is 8.31. The molecule has 36 heavy (non-hydrogen) atoms. The summed E-state index contributed by atoms with van der Waals surface area (Å²) in [6, 6.07) is 17.7. The molecule has 0 radical (unpaired) electrons. The number of aromatic nitrogens is 2. The lowest BCUT2D eigenvalue weighted by molar-refractivity contribution is -0.144. The summed E-state index contributed by atoms with van der Waals surface area (Å²) in [4.78, 5) is 37.0. The first-order chi connectivity index (χ1) is 17.4. The van der Waals surface area contributed by atoms with Gasteiger partial charge in [-0.05, 0) is 18.1 Å². The van der Waals surface area contributed by atoms with Crippen molar-refractivity contribution in [3.63, 3.8) is 0 Å². The van der Waals surface area contributed by atoms with Crippen LogP contribution in [0.3, 0.4) is 0 Å². The van der Waals surface area contributed by atoms with Gasteiger partial charge in [0.1, 0.15) is 6.04 Å². The van der Waals surface area contributed by atoms with Crippen molar-refractivity contribution >= 4 is 34.6 Å². The SMILES string of the molecule is COC(=O)CCC(NCc1cc(-c2c(-c3ccccc3)c3ccccc3n(Cl)c2=O)on1)C(=O)OC. The number of para-hydroxylation sites is 1.